The van der Waals surface area contributed by atoms with Gasteiger partial charge in [-0.2, -0.15) is 0 Å². The molecule has 3 aromatic rings. The number of benzene rings is 3. The van der Waals surface area contributed by atoms with E-state index in [4.69, 9.17) is 9.47 Å². The summed E-state index contributed by atoms with van der Waals surface area (Å²) in [7, 11) is 1.45. The molecule has 0 aliphatic carbocycles. The predicted molar refractivity (Wildman–Crippen MR) is 153 cm³/mol. The monoisotopic (exact) mass is 643 g/mol. The Morgan fingerprint density at radius 3 is 2.50 bits per heavy atom. The maximum atomic E-state index is 13.2. The van der Waals surface area contributed by atoms with E-state index in [-0.39, 0.29) is 18.4 Å². The summed E-state index contributed by atoms with van der Waals surface area (Å²) in [5.74, 6) is -0.251. The van der Waals surface area contributed by atoms with Crippen LogP contribution in [0.15, 0.2) is 69.6 Å². The fourth-order valence-electron chi connectivity index (χ4n) is 4.11. The van der Waals surface area contributed by atoms with Crippen LogP contribution in [0.5, 0.6) is 11.5 Å². The van der Waals surface area contributed by atoms with Gasteiger partial charge in [0.1, 0.15) is 6.04 Å². The molecule has 3 aromatic carbocycles. The summed E-state index contributed by atoms with van der Waals surface area (Å²) < 4.78 is 12.9. The lowest BCUT2D eigenvalue weighted by Gasteiger charge is -2.33. The van der Waals surface area contributed by atoms with Crippen LogP contribution in [0.3, 0.4) is 0 Å². The molecule has 1 aliphatic heterocycles. The minimum absolute atomic E-state index is 0.143. The van der Waals surface area contributed by atoms with E-state index in [1.165, 1.54) is 13.2 Å². The van der Waals surface area contributed by atoms with E-state index in [1.807, 2.05) is 37.3 Å². The second-order valence-electron chi connectivity index (χ2n) is 8.80. The topological polar surface area (TPSA) is 97.0 Å². The number of hydrogen-bond donors (Lipinski definition) is 2. The van der Waals surface area contributed by atoms with Crippen LogP contribution in [0.1, 0.15) is 28.8 Å². The Hall–Kier alpha value is -3.37. The summed E-state index contributed by atoms with van der Waals surface area (Å²) >= 11 is 6.84. The molecule has 0 spiro atoms. The van der Waals surface area contributed by atoms with Crippen molar-refractivity contribution in [1.29, 1.82) is 0 Å². The molecule has 8 nitrogen and oxygen atoms in total. The van der Waals surface area contributed by atoms with Crippen LogP contribution in [0, 0.1) is 6.92 Å². The zero-order valence-corrected chi connectivity index (χ0v) is 24.1. The first-order chi connectivity index (χ1) is 18.2. The van der Waals surface area contributed by atoms with Gasteiger partial charge in [0.2, 0.25) is 5.91 Å². The minimum atomic E-state index is -0.635. The normalized spacial score (nSPS) is 15.1. The molecule has 0 aromatic heterocycles. The third-order valence-corrected chi connectivity index (χ3v) is 7.53. The van der Waals surface area contributed by atoms with Crippen molar-refractivity contribution in [3.8, 4) is 11.5 Å². The molecule has 2 N–H and O–H groups in total. The average molecular weight is 645 g/mol. The summed E-state index contributed by atoms with van der Waals surface area (Å²) in [5, 5.41) is 5.61. The number of nitrogens with one attached hydrogen (secondary N) is 2. The van der Waals surface area contributed by atoms with Gasteiger partial charge >= 0.3 is 0 Å². The largest absolute Gasteiger partial charge is 0.493 e. The number of carbonyl (C=O) groups excluding carboxylic acids is 3. The summed E-state index contributed by atoms with van der Waals surface area (Å²) in [4.78, 5) is 40.2. The van der Waals surface area contributed by atoms with Crippen molar-refractivity contribution >= 4 is 61.0 Å². The summed E-state index contributed by atoms with van der Waals surface area (Å²) in [5.41, 5.74) is 2.80. The molecular formula is C28H27Br2N3O5. The Morgan fingerprint density at radius 2 is 1.79 bits per heavy atom. The van der Waals surface area contributed by atoms with Gasteiger partial charge in [0.25, 0.3) is 11.8 Å². The lowest BCUT2D eigenvalue weighted by Crippen LogP contribution is -2.52. The number of halogens is 2. The van der Waals surface area contributed by atoms with E-state index in [1.54, 1.807) is 29.2 Å². The first kappa shape index (κ1) is 27.7. The molecule has 0 bridgehead atoms. The first-order valence-corrected chi connectivity index (χ1v) is 13.6. The third-order valence-electron chi connectivity index (χ3n) is 6.11. The number of hydrogen-bond acceptors (Lipinski definition) is 5. The first-order valence-electron chi connectivity index (χ1n) is 12.0. The number of carbonyl (C=O) groups is 3. The van der Waals surface area contributed by atoms with Crippen molar-refractivity contribution in [2.45, 2.75) is 25.8 Å². The molecular weight excluding hydrogens is 618 g/mol. The number of nitrogens with zero attached hydrogens (tertiary/aromatic N) is 1. The van der Waals surface area contributed by atoms with Gasteiger partial charge in [0.15, 0.2) is 18.1 Å². The molecule has 1 fully saturated rings. The second-order valence-corrected chi connectivity index (χ2v) is 10.6. The third kappa shape index (κ3) is 6.73. The van der Waals surface area contributed by atoms with Gasteiger partial charge in [-0.1, -0.05) is 31.9 Å². The summed E-state index contributed by atoms with van der Waals surface area (Å²) in [6.07, 6.45) is 1.33. The summed E-state index contributed by atoms with van der Waals surface area (Å²) in [6, 6.07) is 17.0. The fourth-order valence-corrected chi connectivity index (χ4v) is 4.62. The second kappa shape index (κ2) is 12.4. The molecule has 0 radical (unpaired) electrons. The van der Waals surface area contributed by atoms with Crippen LogP contribution >= 0.6 is 31.9 Å². The van der Waals surface area contributed by atoms with E-state index < -0.39 is 11.9 Å². The number of aryl methyl sites for hydroxylation is 1. The van der Waals surface area contributed by atoms with Crippen LogP contribution < -0.4 is 25.0 Å². The van der Waals surface area contributed by atoms with Crippen molar-refractivity contribution in [2.75, 3.05) is 30.5 Å². The summed E-state index contributed by atoms with van der Waals surface area (Å²) in [6.45, 7) is 2.33. The maximum absolute atomic E-state index is 13.2. The van der Waals surface area contributed by atoms with Crippen molar-refractivity contribution in [3.63, 3.8) is 0 Å². The lowest BCUT2D eigenvalue weighted by atomic mass is 10.0. The highest BCUT2D eigenvalue weighted by atomic mass is 79.9. The van der Waals surface area contributed by atoms with Crippen LogP contribution in [0.4, 0.5) is 11.4 Å². The molecule has 198 valence electrons. The van der Waals surface area contributed by atoms with Gasteiger partial charge in [-0.15, -0.1) is 0 Å². The number of methoxy groups -OCH3 is 1. The zero-order chi connectivity index (χ0) is 27.2. The number of piperidine rings is 1. The highest BCUT2D eigenvalue weighted by Gasteiger charge is 2.31. The Kier molecular flexibility index (Phi) is 9.06. The molecule has 10 heteroatoms. The number of anilines is 2. The van der Waals surface area contributed by atoms with Crippen molar-refractivity contribution < 1.29 is 23.9 Å². The van der Waals surface area contributed by atoms with E-state index in [0.29, 0.717) is 35.7 Å². The molecule has 1 saturated heterocycles. The zero-order valence-electron chi connectivity index (χ0n) is 20.9. The fraction of sp³-hybridized carbons (Fsp3) is 0.250. The van der Waals surface area contributed by atoms with Crippen LogP contribution in [0.25, 0.3) is 0 Å². The number of rotatable bonds is 8. The van der Waals surface area contributed by atoms with Crippen LogP contribution in [0.2, 0.25) is 0 Å². The lowest BCUT2D eigenvalue weighted by molar-refractivity contribution is -0.121. The Bertz CT molecular complexity index is 1350. The molecule has 0 saturated carbocycles. The molecule has 1 aliphatic rings. The standard InChI is InChI=1S/C28H27Br2N3O5/c1-17-14-21(10-11-22(17)30)33-13-3-4-23(28(33)36)32-27(35)18-5-12-24(25(15-18)37-2)38-16-26(34)31-20-8-6-19(29)7-9-20/h5-12,14-15,23H,3-4,13,16H2,1-2H3,(H,31,34)(H,32,35). The molecule has 1 atom stereocenters. The number of ether oxygens (including phenoxy) is 2. The molecule has 38 heavy (non-hydrogen) atoms. The number of amides is 3. The predicted octanol–water partition coefficient (Wildman–Crippen LogP) is 5.47. The van der Waals surface area contributed by atoms with Crippen LogP contribution in [-0.2, 0) is 9.59 Å². The van der Waals surface area contributed by atoms with Crippen LogP contribution in [-0.4, -0.2) is 44.0 Å². The SMILES string of the molecule is COc1cc(C(=O)NC2CCCN(c3ccc(Br)c(C)c3)C2=O)ccc1OCC(=O)Nc1ccc(Br)cc1. The molecule has 3 amide bonds. The van der Waals surface area contributed by atoms with Gasteiger partial charge in [0, 0.05) is 32.4 Å². The highest BCUT2D eigenvalue weighted by molar-refractivity contribution is 9.10. The van der Waals surface area contributed by atoms with Gasteiger partial charge in [-0.25, -0.2) is 0 Å². The van der Waals surface area contributed by atoms with Gasteiger partial charge in [-0.3, -0.25) is 14.4 Å². The quantitative estimate of drug-likeness (QED) is 0.339. The Morgan fingerprint density at radius 1 is 1.03 bits per heavy atom. The van der Waals surface area contributed by atoms with E-state index in [9.17, 15) is 14.4 Å². The Balaban J connectivity index is 1.38. The van der Waals surface area contributed by atoms with Gasteiger partial charge < -0.3 is 25.0 Å². The van der Waals surface area contributed by atoms with Crippen molar-refractivity contribution in [2.24, 2.45) is 0 Å². The van der Waals surface area contributed by atoms with E-state index in [2.05, 4.69) is 42.5 Å². The van der Waals surface area contributed by atoms with E-state index in [0.717, 1.165) is 26.6 Å². The van der Waals surface area contributed by atoms with Crippen molar-refractivity contribution in [1.82, 2.24) is 5.32 Å². The van der Waals surface area contributed by atoms with Gasteiger partial charge in [-0.05, 0) is 86.0 Å². The molecule has 1 heterocycles. The van der Waals surface area contributed by atoms with Crippen molar-refractivity contribution in [3.05, 3.63) is 80.7 Å². The minimum Gasteiger partial charge on any atom is -0.493 e. The smallest absolute Gasteiger partial charge is 0.262 e. The maximum Gasteiger partial charge on any atom is 0.262 e. The highest BCUT2D eigenvalue weighted by Crippen LogP contribution is 2.29. The average Bonchev–Trinajstić information content (AvgIpc) is 2.91. The molecule has 4 rings (SSSR count). The van der Waals surface area contributed by atoms with Gasteiger partial charge in [0.05, 0.1) is 7.11 Å². The van der Waals surface area contributed by atoms with E-state index >= 15 is 0 Å². The molecule has 1 unspecified atom stereocenters. The Labute approximate surface area is 237 Å².